The second kappa shape index (κ2) is 11.9. The zero-order valence-corrected chi connectivity index (χ0v) is 23.8. The highest BCUT2D eigenvalue weighted by molar-refractivity contribution is 7.92. The van der Waals surface area contributed by atoms with Crippen LogP contribution < -0.4 is 14.5 Å². The van der Waals surface area contributed by atoms with Gasteiger partial charge in [-0.15, -0.1) is 0 Å². The molecule has 4 rings (SSSR count). The topological polar surface area (TPSA) is 93.0 Å². The molecule has 1 heterocycles. The number of aryl methyl sites for hydroxylation is 1. The van der Waals surface area contributed by atoms with E-state index in [9.17, 15) is 13.2 Å². The van der Waals surface area contributed by atoms with Crippen LogP contribution in [0.4, 0.5) is 5.69 Å². The third kappa shape index (κ3) is 6.27. The monoisotopic (exact) mass is 584 g/mol. The summed E-state index contributed by atoms with van der Waals surface area (Å²) in [6.45, 7) is 3.31. The number of anilines is 1. The van der Waals surface area contributed by atoms with Crippen LogP contribution in [0, 0.1) is 13.8 Å². The zero-order valence-electron chi connectivity index (χ0n) is 21.4. The Hall–Kier alpha value is -3.79. The van der Waals surface area contributed by atoms with Gasteiger partial charge in [0, 0.05) is 32.7 Å². The van der Waals surface area contributed by atoms with Crippen LogP contribution in [0.1, 0.15) is 17.0 Å². The van der Waals surface area contributed by atoms with Crippen LogP contribution >= 0.6 is 23.2 Å². The molecule has 202 valence electrons. The number of hydrogen-bond donors (Lipinski definition) is 1. The molecule has 0 radical (unpaired) electrons. The van der Waals surface area contributed by atoms with Crippen molar-refractivity contribution in [3.05, 3.63) is 106 Å². The summed E-state index contributed by atoms with van der Waals surface area (Å²) in [6.07, 6.45) is 1.50. The average Bonchev–Trinajstić information content (AvgIpc) is 3.19. The lowest BCUT2D eigenvalue weighted by Crippen LogP contribution is -2.39. The van der Waals surface area contributed by atoms with Gasteiger partial charge in [-0.3, -0.25) is 9.10 Å². The fourth-order valence-corrected chi connectivity index (χ4v) is 6.15. The maximum Gasteiger partial charge on any atom is 0.264 e. The Morgan fingerprint density at radius 1 is 1.00 bits per heavy atom. The van der Waals surface area contributed by atoms with Crippen LogP contribution in [-0.4, -0.2) is 38.8 Å². The summed E-state index contributed by atoms with van der Waals surface area (Å²) in [7, 11) is -2.66. The number of nitrogens with one attached hydrogen (secondary N) is 1. The average molecular weight is 586 g/mol. The molecule has 4 aromatic rings. The number of sulfonamides is 1. The lowest BCUT2D eigenvalue weighted by atomic mass is 10.2. The molecule has 0 atom stereocenters. The van der Waals surface area contributed by atoms with E-state index in [4.69, 9.17) is 27.9 Å². The number of benzene rings is 3. The minimum absolute atomic E-state index is 0.0424. The Labute approximate surface area is 237 Å². The number of halogens is 2. The summed E-state index contributed by atoms with van der Waals surface area (Å²) in [5.74, 6) is -0.325. The van der Waals surface area contributed by atoms with Crippen molar-refractivity contribution in [2.24, 2.45) is 5.10 Å². The fourth-order valence-electron chi connectivity index (χ4n) is 4.18. The van der Waals surface area contributed by atoms with Gasteiger partial charge in [-0.05, 0) is 62.4 Å². The highest BCUT2D eigenvalue weighted by Gasteiger charge is 2.29. The summed E-state index contributed by atoms with van der Waals surface area (Å²) in [4.78, 5) is 13.0. The van der Waals surface area contributed by atoms with Gasteiger partial charge in [0.25, 0.3) is 15.9 Å². The molecule has 3 aromatic carbocycles. The maximum absolute atomic E-state index is 13.5. The first-order chi connectivity index (χ1) is 18.6. The maximum atomic E-state index is 13.5. The molecule has 0 saturated heterocycles. The van der Waals surface area contributed by atoms with Gasteiger partial charge in [-0.25, -0.2) is 13.8 Å². The van der Waals surface area contributed by atoms with Crippen LogP contribution in [0.15, 0.2) is 88.9 Å². The van der Waals surface area contributed by atoms with Crippen LogP contribution in [0.3, 0.4) is 0 Å². The van der Waals surface area contributed by atoms with Gasteiger partial charge >= 0.3 is 0 Å². The number of ether oxygens (including phenoxy) is 1. The number of hydrazone groups is 1. The van der Waals surface area contributed by atoms with E-state index < -0.39 is 22.5 Å². The quantitative estimate of drug-likeness (QED) is 0.200. The van der Waals surface area contributed by atoms with Crippen molar-refractivity contribution in [2.45, 2.75) is 18.7 Å². The van der Waals surface area contributed by atoms with Crippen LogP contribution in [0.5, 0.6) is 5.75 Å². The number of carbonyl (C=O) groups excluding carboxylic acids is 1. The summed E-state index contributed by atoms with van der Waals surface area (Å²) in [5.41, 5.74) is 5.98. The molecule has 0 unspecified atom stereocenters. The third-order valence-corrected chi connectivity index (χ3v) is 8.15. The first-order valence-corrected chi connectivity index (χ1v) is 14.0. The zero-order chi connectivity index (χ0) is 28.2. The SMILES string of the molecule is COc1ccccc1N(CC(=O)N/N=C\c1cc(C)n(-c2cc(Cl)cc(Cl)c2)c1C)S(=O)(=O)c1ccccc1. The molecule has 39 heavy (non-hydrogen) atoms. The Bertz CT molecular complexity index is 1620. The number of nitrogens with zero attached hydrogens (tertiary/aromatic N) is 3. The molecule has 0 aliphatic heterocycles. The van der Waals surface area contributed by atoms with Gasteiger partial charge in [-0.2, -0.15) is 5.10 Å². The van der Waals surface area contributed by atoms with E-state index in [1.807, 2.05) is 24.5 Å². The van der Waals surface area contributed by atoms with E-state index >= 15 is 0 Å². The Morgan fingerprint density at radius 3 is 2.31 bits per heavy atom. The Morgan fingerprint density at radius 2 is 1.64 bits per heavy atom. The lowest BCUT2D eigenvalue weighted by Gasteiger charge is -2.25. The van der Waals surface area contributed by atoms with Crippen molar-refractivity contribution in [3.8, 4) is 11.4 Å². The van der Waals surface area contributed by atoms with Crippen molar-refractivity contribution in [1.29, 1.82) is 0 Å². The van der Waals surface area contributed by atoms with Crippen LogP contribution in [0.2, 0.25) is 10.0 Å². The number of carbonyl (C=O) groups is 1. The lowest BCUT2D eigenvalue weighted by molar-refractivity contribution is -0.119. The van der Waals surface area contributed by atoms with Crippen molar-refractivity contribution in [3.63, 3.8) is 0 Å². The second-order valence-electron chi connectivity index (χ2n) is 8.58. The van der Waals surface area contributed by atoms with Crippen molar-refractivity contribution >= 4 is 51.0 Å². The van der Waals surface area contributed by atoms with E-state index in [0.29, 0.717) is 15.8 Å². The Kier molecular flexibility index (Phi) is 8.64. The van der Waals surface area contributed by atoms with E-state index in [0.717, 1.165) is 26.9 Å². The third-order valence-electron chi connectivity index (χ3n) is 5.94. The highest BCUT2D eigenvalue weighted by Crippen LogP contribution is 2.32. The van der Waals surface area contributed by atoms with Gasteiger partial charge < -0.3 is 9.30 Å². The molecular weight excluding hydrogens is 559 g/mol. The smallest absolute Gasteiger partial charge is 0.264 e. The van der Waals surface area contributed by atoms with Gasteiger partial charge in [-0.1, -0.05) is 53.5 Å². The van der Waals surface area contributed by atoms with Crippen molar-refractivity contribution < 1.29 is 17.9 Å². The first-order valence-electron chi connectivity index (χ1n) is 11.8. The highest BCUT2D eigenvalue weighted by atomic mass is 35.5. The van der Waals surface area contributed by atoms with Gasteiger partial charge in [0.05, 0.1) is 23.9 Å². The van der Waals surface area contributed by atoms with Crippen LogP contribution in [-0.2, 0) is 14.8 Å². The van der Waals surface area contributed by atoms with E-state index in [1.165, 1.54) is 25.5 Å². The molecule has 0 saturated carbocycles. The van der Waals surface area contributed by atoms with Gasteiger partial charge in [0.1, 0.15) is 12.3 Å². The fraction of sp³-hybridized carbons (Fsp3) is 0.143. The minimum Gasteiger partial charge on any atom is -0.495 e. The summed E-state index contributed by atoms with van der Waals surface area (Å²) >= 11 is 12.4. The largest absolute Gasteiger partial charge is 0.495 e. The normalized spacial score (nSPS) is 11.5. The number of para-hydroxylation sites is 2. The van der Waals surface area contributed by atoms with E-state index in [2.05, 4.69) is 10.5 Å². The number of rotatable bonds is 9. The van der Waals surface area contributed by atoms with Crippen LogP contribution in [0.25, 0.3) is 5.69 Å². The number of aromatic nitrogens is 1. The summed E-state index contributed by atoms with van der Waals surface area (Å²) in [6, 6.07) is 21.6. The summed E-state index contributed by atoms with van der Waals surface area (Å²) in [5, 5.41) is 5.11. The number of amides is 1. The van der Waals surface area contributed by atoms with E-state index in [1.54, 1.807) is 60.7 Å². The van der Waals surface area contributed by atoms with Crippen molar-refractivity contribution in [2.75, 3.05) is 18.0 Å². The molecule has 0 spiro atoms. The minimum atomic E-state index is -4.09. The van der Waals surface area contributed by atoms with E-state index in [-0.39, 0.29) is 10.6 Å². The molecule has 1 aromatic heterocycles. The number of methoxy groups -OCH3 is 1. The molecular formula is C28H26Cl2N4O4S. The molecule has 0 aliphatic carbocycles. The molecule has 1 amide bonds. The molecule has 11 heteroatoms. The summed E-state index contributed by atoms with van der Waals surface area (Å²) < 4.78 is 35.4. The molecule has 0 aliphatic rings. The predicted octanol–water partition coefficient (Wildman–Crippen LogP) is 5.76. The van der Waals surface area contributed by atoms with Gasteiger partial charge in [0.15, 0.2) is 0 Å². The molecule has 8 nitrogen and oxygen atoms in total. The van der Waals surface area contributed by atoms with Crippen molar-refractivity contribution in [1.82, 2.24) is 9.99 Å². The van der Waals surface area contributed by atoms with Gasteiger partial charge in [0.2, 0.25) is 0 Å². The standard InChI is InChI=1S/C28H26Cl2N4O4S/c1-19-13-21(20(2)34(19)24-15-22(29)14-23(30)16-24)17-31-32-28(35)18-33(26-11-7-8-12-27(26)38-3)39(36,37)25-9-5-4-6-10-25/h4-17H,18H2,1-3H3,(H,32,35)/b31-17-. The Balaban J connectivity index is 1.58. The molecule has 0 fully saturated rings. The second-order valence-corrected chi connectivity index (χ2v) is 11.3. The molecule has 1 N–H and O–H groups in total. The number of hydrogen-bond acceptors (Lipinski definition) is 5. The predicted molar refractivity (Wildman–Crippen MR) is 155 cm³/mol. The first kappa shape index (κ1) is 28.2. The molecule has 0 bridgehead atoms.